The summed E-state index contributed by atoms with van der Waals surface area (Å²) >= 11 is 0. The number of hydrogen-bond acceptors (Lipinski definition) is 5. The third kappa shape index (κ3) is 2.25. The maximum Gasteiger partial charge on any atom is 0.342 e. The maximum atomic E-state index is 11.7. The van der Waals surface area contributed by atoms with Gasteiger partial charge in [-0.2, -0.15) is 0 Å². The van der Waals surface area contributed by atoms with Gasteiger partial charge >= 0.3 is 5.97 Å². The van der Waals surface area contributed by atoms with E-state index < -0.39 is 5.97 Å². The standard InChI is InChI=1S/C11H13NO4/c12-7-1-2-9(10(13)5-7)11(14)16-8-3-4-15-6-8/h1-2,5,8,13H,3-4,6,12H2. The van der Waals surface area contributed by atoms with Gasteiger partial charge < -0.3 is 20.3 Å². The predicted molar refractivity (Wildman–Crippen MR) is 57.2 cm³/mol. The summed E-state index contributed by atoms with van der Waals surface area (Å²) in [4.78, 5) is 11.7. The van der Waals surface area contributed by atoms with Crippen LogP contribution in [0.2, 0.25) is 0 Å². The number of phenols is 1. The van der Waals surface area contributed by atoms with Crippen LogP contribution in [-0.2, 0) is 9.47 Å². The summed E-state index contributed by atoms with van der Waals surface area (Å²) < 4.78 is 10.2. The number of carbonyl (C=O) groups is 1. The molecule has 0 bridgehead atoms. The minimum atomic E-state index is -0.548. The van der Waals surface area contributed by atoms with Crippen LogP contribution in [0.4, 0.5) is 5.69 Å². The van der Waals surface area contributed by atoms with Crippen LogP contribution in [0.15, 0.2) is 18.2 Å². The van der Waals surface area contributed by atoms with Gasteiger partial charge in [-0.1, -0.05) is 0 Å². The number of hydrogen-bond donors (Lipinski definition) is 2. The minimum absolute atomic E-state index is 0.126. The molecule has 86 valence electrons. The molecule has 1 fully saturated rings. The molecule has 1 saturated heterocycles. The van der Waals surface area contributed by atoms with Gasteiger partial charge in [-0.05, 0) is 12.1 Å². The minimum Gasteiger partial charge on any atom is -0.507 e. The zero-order chi connectivity index (χ0) is 11.5. The molecule has 5 heteroatoms. The molecule has 1 aromatic carbocycles. The number of benzene rings is 1. The molecular formula is C11H13NO4. The number of nitrogens with two attached hydrogens (primary N) is 1. The first kappa shape index (κ1) is 10.8. The van der Waals surface area contributed by atoms with Crippen LogP contribution in [0, 0.1) is 0 Å². The van der Waals surface area contributed by atoms with Crippen molar-refractivity contribution in [1.82, 2.24) is 0 Å². The van der Waals surface area contributed by atoms with Crippen molar-refractivity contribution in [3.63, 3.8) is 0 Å². The molecule has 1 heterocycles. The number of nitrogen functional groups attached to an aromatic ring is 1. The number of anilines is 1. The molecule has 1 atom stereocenters. The van der Waals surface area contributed by atoms with Crippen LogP contribution in [0.5, 0.6) is 5.75 Å². The Morgan fingerprint density at radius 2 is 2.38 bits per heavy atom. The Labute approximate surface area is 92.8 Å². The average molecular weight is 223 g/mol. The normalized spacial score (nSPS) is 19.6. The van der Waals surface area contributed by atoms with Crippen LogP contribution in [-0.4, -0.2) is 30.4 Å². The van der Waals surface area contributed by atoms with Crippen LogP contribution < -0.4 is 5.73 Å². The Balaban J connectivity index is 2.08. The van der Waals surface area contributed by atoms with E-state index in [1.54, 1.807) is 6.07 Å². The van der Waals surface area contributed by atoms with Crippen molar-refractivity contribution in [1.29, 1.82) is 0 Å². The van der Waals surface area contributed by atoms with Gasteiger partial charge in [0.15, 0.2) is 0 Å². The third-order valence-corrected chi connectivity index (χ3v) is 2.40. The molecule has 0 aliphatic carbocycles. The largest absolute Gasteiger partial charge is 0.507 e. The van der Waals surface area contributed by atoms with Gasteiger partial charge in [0.05, 0.1) is 13.2 Å². The van der Waals surface area contributed by atoms with E-state index in [4.69, 9.17) is 15.2 Å². The summed E-state index contributed by atoms with van der Waals surface area (Å²) in [7, 11) is 0. The van der Waals surface area contributed by atoms with Crippen LogP contribution in [0.3, 0.4) is 0 Å². The molecule has 0 saturated carbocycles. The summed E-state index contributed by atoms with van der Waals surface area (Å²) in [6.45, 7) is 1.02. The Hall–Kier alpha value is -1.75. The van der Waals surface area contributed by atoms with Crippen molar-refractivity contribution in [2.75, 3.05) is 18.9 Å². The summed E-state index contributed by atoms with van der Waals surface area (Å²) in [5.41, 5.74) is 5.99. The number of rotatable bonds is 2. The van der Waals surface area contributed by atoms with Crippen molar-refractivity contribution < 1.29 is 19.4 Å². The first-order valence-corrected chi connectivity index (χ1v) is 5.04. The lowest BCUT2D eigenvalue weighted by Crippen LogP contribution is -2.18. The first-order valence-electron chi connectivity index (χ1n) is 5.04. The van der Waals surface area contributed by atoms with E-state index in [1.807, 2.05) is 0 Å². The molecule has 0 aromatic heterocycles. The Bertz CT molecular complexity index is 399. The monoisotopic (exact) mass is 223 g/mol. The molecule has 1 aliphatic heterocycles. The molecule has 5 nitrogen and oxygen atoms in total. The molecular weight excluding hydrogens is 210 g/mol. The first-order chi connectivity index (χ1) is 7.66. The Kier molecular flexibility index (Phi) is 2.96. The van der Waals surface area contributed by atoms with Gasteiger partial charge in [-0.25, -0.2) is 4.79 Å². The highest BCUT2D eigenvalue weighted by atomic mass is 16.6. The summed E-state index contributed by atoms with van der Waals surface area (Å²) in [5, 5.41) is 9.52. The second-order valence-corrected chi connectivity index (χ2v) is 3.67. The lowest BCUT2D eigenvalue weighted by molar-refractivity contribution is 0.0268. The van der Waals surface area contributed by atoms with Crippen molar-refractivity contribution in [3.05, 3.63) is 23.8 Å². The molecule has 1 unspecified atom stereocenters. The van der Waals surface area contributed by atoms with Crippen molar-refractivity contribution in [2.24, 2.45) is 0 Å². The van der Waals surface area contributed by atoms with E-state index >= 15 is 0 Å². The second kappa shape index (κ2) is 4.40. The van der Waals surface area contributed by atoms with E-state index in [0.29, 0.717) is 25.3 Å². The summed E-state index contributed by atoms with van der Waals surface area (Å²) in [6.07, 6.45) is 0.478. The Morgan fingerprint density at radius 1 is 1.56 bits per heavy atom. The number of aromatic hydroxyl groups is 1. The second-order valence-electron chi connectivity index (χ2n) is 3.67. The summed E-state index contributed by atoms with van der Waals surface area (Å²) in [6, 6.07) is 4.31. The lowest BCUT2D eigenvalue weighted by atomic mass is 10.2. The number of esters is 1. The van der Waals surface area contributed by atoms with Crippen LogP contribution in [0.1, 0.15) is 16.8 Å². The molecule has 3 N–H and O–H groups in total. The molecule has 0 amide bonds. The highest BCUT2D eigenvalue weighted by Crippen LogP contribution is 2.22. The van der Waals surface area contributed by atoms with Gasteiger partial charge in [0.1, 0.15) is 17.4 Å². The summed E-state index contributed by atoms with van der Waals surface area (Å²) in [5.74, 6) is -0.711. The topological polar surface area (TPSA) is 81.8 Å². The van der Waals surface area contributed by atoms with E-state index in [2.05, 4.69) is 0 Å². The fraction of sp³-hybridized carbons (Fsp3) is 0.364. The van der Waals surface area contributed by atoms with Crippen LogP contribution >= 0.6 is 0 Å². The van der Waals surface area contributed by atoms with Gasteiger partial charge in [0.2, 0.25) is 0 Å². The predicted octanol–water partition coefficient (Wildman–Crippen LogP) is 0.920. The fourth-order valence-corrected chi connectivity index (χ4v) is 1.54. The van der Waals surface area contributed by atoms with Crippen molar-refractivity contribution in [3.8, 4) is 5.75 Å². The zero-order valence-corrected chi connectivity index (χ0v) is 8.68. The van der Waals surface area contributed by atoms with Gasteiger partial charge in [-0.15, -0.1) is 0 Å². The number of ether oxygens (including phenoxy) is 2. The highest BCUT2D eigenvalue weighted by Gasteiger charge is 2.22. The third-order valence-electron chi connectivity index (χ3n) is 2.40. The number of phenolic OH excluding ortho intramolecular Hbond substituents is 1. The van der Waals surface area contributed by atoms with E-state index in [9.17, 15) is 9.90 Å². The number of carbonyl (C=O) groups excluding carboxylic acids is 1. The van der Waals surface area contributed by atoms with Gasteiger partial charge in [-0.3, -0.25) is 0 Å². The highest BCUT2D eigenvalue weighted by molar-refractivity contribution is 5.93. The maximum absolute atomic E-state index is 11.7. The Morgan fingerprint density at radius 3 is 3.00 bits per heavy atom. The van der Waals surface area contributed by atoms with E-state index in [-0.39, 0.29) is 17.4 Å². The smallest absolute Gasteiger partial charge is 0.342 e. The van der Waals surface area contributed by atoms with Crippen molar-refractivity contribution in [2.45, 2.75) is 12.5 Å². The quantitative estimate of drug-likeness (QED) is 0.575. The van der Waals surface area contributed by atoms with E-state index in [0.717, 1.165) is 0 Å². The molecule has 0 radical (unpaired) electrons. The van der Waals surface area contributed by atoms with Crippen molar-refractivity contribution >= 4 is 11.7 Å². The van der Waals surface area contributed by atoms with E-state index in [1.165, 1.54) is 12.1 Å². The molecule has 0 spiro atoms. The van der Waals surface area contributed by atoms with Crippen LogP contribution in [0.25, 0.3) is 0 Å². The average Bonchev–Trinajstić information content (AvgIpc) is 2.70. The molecule has 2 rings (SSSR count). The van der Waals surface area contributed by atoms with Gasteiger partial charge in [0.25, 0.3) is 0 Å². The molecule has 1 aliphatic rings. The molecule has 1 aromatic rings. The SMILES string of the molecule is Nc1ccc(C(=O)OC2CCOC2)c(O)c1. The lowest BCUT2D eigenvalue weighted by Gasteiger charge is -2.10. The zero-order valence-electron chi connectivity index (χ0n) is 8.68. The fourth-order valence-electron chi connectivity index (χ4n) is 1.54. The molecule has 16 heavy (non-hydrogen) atoms. The van der Waals surface area contributed by atoms with Gasteiger partial charge in [0, 0.05) is 18.2 Å².